The van der Waals surface area contributed by atoms with Gasteiger partial charge in [-0.25, -0.2) is 0 Å². The molecule has 3 rings (SSSR count). The molecule has 118 valence electrons. The molecule has 1 unspecified atom stereocenters. The lowest BCUT2D eigenvalue weighted by Crippen LogP contribution is -2.46. The molecule has 1 aliphatic heterocycles. The molecule has 1 aromatic rings. The van der Waals surface area contributed by atoms with Gasteiger partial charge in [0, 0.05) is 30.3 Å². The topological polar surface area (TPSA) is 37.4 Å². The summed E-state index contributed by atoms with van der Waals surface area (Å²) in [5.41, 5.74) is 1.27. The molecule has 1 heterocycles. The summed E-state index contributed by atoms with van der Waals surface area (Å²) in [6.45, 7) is 2.91. The first-order chi connectivity index (χ1) is 10.5. The molecule has 2 aliphatic rings. The second-order valence-electron chi connectivity index (χ2n) is 6.78. The number of piperidine rings is 1. The van der Waals surface area contributed by atoms with Crippen molar-refractivity contribution in [1.29, 1.82) is 0 Å². The number of rotatable bonds is 2. The number of hydrogen-bond acceptors (Lipinski definition) is 2. The minimum atomic E-state index is 0.0981. The molecule has 1 aromatic carbocycles. The lowest BCUT2D eigenvalue weighted by molar-refractivity contribution is -0.143. The van der Waals surface area contributed by atoms with E-state index in [1.807, 2.05) is 17.0 Å². The van der Waals surface area contributed by atoms with E-state index < -0.39 is 0 Å². The summed E-state index contributed by atoms with van der Waals surface area (Å²) in [6, 6.07) is 8.31. The number of benzene rings is 1. The van der Waals surface area contributed by atoms with Crippen LogP contribution in [-0.2, 0) is 9.59 Å². The average molecular weight is 364 g/mol. The maximum Gasteiger partial charge on any atom is 0.223 e. The molecular formula is C18H22BrNO2. The van der Waals surface area contributed by atoms with E-state index in [0.29, 0.717) is 25.0 Å². The number of carbonyl (C=O) groups excluding carboxylic acids is 2. The molecule has 1 aliphatic carbocycles. The Kier molecular flexibility index (Phi) is 4.40. The van der Waals surface area contributed by atoms with E-state index in [2.05, 4.69) is 35.0 Å². The second-order valence-corrected chi connectivity index (χ2v) is 7.70. The lowest BCUT2D eigenvalue weighted by atomic mass is 9.67. The fraction of sp³-hybridized carbons (Fsp3) is 0.556. The van der Waals surface area contributed by atoms with Crippen molar-refractivity contribution in [3.05, 3.63) is 34.3 Å². The number of Topliss-reactive ketones (excluding diaryl/α,β-unsaturated/α-hetero) is 1. The molecule has 0 radical (unpaired) electrons. The van der Waals surface area contributed by atoms with Crippen LogP contribution in [0.15, 0.2) is 28.7 Å². The maximum absolute atomic E-state index is 12.7. The van der Waals surface area contributed by atoms with Crippen molar-refractivity contribution in [2.24, 2.45) is 5.41 Å². The van der Waals surface area contributed by atoms with Crippen LogP contribution in [0.4, 0.5) is 0 Å². The zero-order chi connectivity index (χ0) is 15.7. The molecule has 22 heavy (non-hydrogen) atoms. The Morgan fingerprint density at radius 1 is 1.09 bits per heavy atom. The van der Waals surface area contributed by atoms with Gasteiger partial charge in [0.25, 0.3) is 0 Å². The van der Waals surface area contributed by atoms with E-state index >= 15 is 0 Å². The zero-order valence-corrected chi connectivity index (χ0v) is 14.6. The van der Waals surface area contributed by atoms with Crippen LogP contribution in [0.25, 0.3) is 0 Å². The molecule has 1 saturated heterocycles. The number of amides is 1. The summed E-state index contributed by atoms with van der Waals surface area (Å²) >= 11 is 3.45. The number of nitrogens with zero attached hydrogens (tertiary/aromatic N) is 1. The van der Waals surface area contributed by atoms with E-state index in [4.69, 9.17) is 0 Å². The van der Waals surface area contributed by atoms with Crippen molar-refractivity contribution in [3.63, 3.8) is 0 Å². The predicted octanol–water partition coefficient (Wildman–Crippen LogP) is 4.26. The summed E-state index contributed by atoms with van der Waals surface area (Å²) in [5, 5.41) is 0. The molecule has 3 nitrogen and oxygen atoms in total. The third-order valence-corrected chi connectivity index (χ3v) is 5.95. The van der Waals surface area contributed by atoms with E-state index in [0.717, 1.165) is 30.3 Å². The number of halogens is 1. The van der Waals surface area contributed by atoms with Gasteiger partial charge < -0.3 is 4.90 Å². The molecular weight excluding hydrogens is 342 g/mol. The fourth-order valence-corrected chi connectivity index (χ4v) is 4.07. The van der Waals surface area contributed by atoms with Gasteiger partial charge in [0.15, 0.2) is 0 Å². The van der Waals surface area contributed by atoms with Crippen LogP contribution in [-0.4, -0.2) is 23.1 Å². The largest absolute Gasteiger partial charge is 0.336 e. The van der Waals surface area contributed by atoms with Gasteiger partial charge >= 0.3 is 0 Å². The summed E-state index contributed by atoms with van der Waals surface area (Å²) < 4.78 is 1.05. The van der Waals surface area contributed by atoms with Crippen molar-refractivity contribution in [3.8, 4) is 0 Å². The number of carbonyl (C=O) groups is 2. The summed E-state index contributed by atoms with van der Waals surface area (Å²) in [7, 11) is 0. The first-order valence-electron chi connectivity index (χ1n) is 8.06. The first kappa shape index (κ1) is 15.7. The highest BCUT2D eigenvalue weighted by Gasteiger charge is 2.42. The maximum atomic E-state index is 12.7. The van der Waals surface area contributed by atoms with Gasteiger partial charge in [0.2, 0.25) is 5.91 Å². The minimum Gasteiger partial charge on any atom is -0.336 e. The molecule has 0 aromatic heterocycles. The van der Waals surface area contributed by atoms with Gasteiger partial charge in [0.05, 0.1) is 6.04 Å². The summed E-state index contributed by atoms with van der Waals surface area (Å²) in [4.78, 5) is 26.1. The first-order valence-corrected chi connectivity index (χ1v) is 8.85. The van der Waals surface area contributed by atoms with Crippen molar-refractivity contribution < 1.29 is 9.59 Å². The highest BCUT2D eigenvalue weighted by molar-refractivity contribution is 9.10. The zero-order valence-electron chi connectivity index (χ0n) is 13.0. The molecule has 1 saturated carbocycles. The molecule has 4 heteroatoms. The van der Waals surface area contributed by atoms with Crippen LogP contribution in [0.2, 0.25) is 0 Å². The van der Waals surface area contributed by atoms with Gasteiger partial charge in [0.1, 0.15) is 5.78 Å². The minimum absolute atomic E-state index is 0.0981. The van der Waals surface area contributed by atoms with Gasteiger partial charge in [-0.2, -0.15) is 0 Å². The number of ketones is 1. The van der Waals surface area contributed by atoms with Crippen LogP contribution < -0.4 is 0 Å². The van der Waals surface area contributed by atoms with Crippen LogP contribution in [0.1, 0.15) is 57.1 Å². The van der Waals surface area contributed by atoms with E-state index in [-0.39, 0.29) is 17.4 Å². The molecule has 1 atom stereocenters. The van der Waals surface area contributed by atoms with Crippen LogP contribution in [0, 0.1) is 5.41 Å². The Bertz CT molecular complexity index is 571. The number of hydrogen-bond donors (Lipinski definition) is 0. The third kappa shape index (κ3) is 3.12. The Balaban J connectivity index is 1.69. The Morgan fingerprint density at radius 3 is 2.32 bits per heavy atom. The lowest BCUT2D eigenvalue weighted by Gasteiger charge is -2.45. The molecule has 1 spiro atoms. The normalized spacial score (nSPS) is 22.9. The van der Waals surface area contributed by atoms with E-state index in [1.54, 1.807) is 0 Å². The second kappa shape index (κ2) is 6.15. The highest BCUT2D eigenvalue weighted by atomic mass is 79.9. The summed E-state index contributed by atoms with van der Waals surface area (Å²) in [5.74, 6) is 0.611. The van der Waals surface area contributed by atoms with Crippen molar-refractivity contribution in [2.75, 3.05) is 6.54 Å². The Morgan fingerprint density at radius 2 is 1.73 bits per heavy atom. The number of likely N-dealkylation sites (tertiary alicyclic amines) is 1. The SMILES string of the molecule is CC(c1ccc(Br)cc1)N1CCC2(CCC(=O)CC2)CC1=O. The van der Waals surface area contributed by atoms with E-state index in [1.165, 1.54) is 5.56 Å². The quantitative estimate of drug-likeness (QED) is 0.786. The fourth-order valence-electron chi connectivity index (χ4n) is 3.81. The Hall–Kier alpha value is -1.16. The van der Waals surface area contributed by atoms with Gasteiger partial charge in [-0.1, -0.05) is 28.1 Å². The molecule has 2 fully saturated rings. The monoisotopic (exact) mass is 363 g/mol. The van der Waals surface area contributed by atoms with Crippen LogP contribution >= 0.6 is 15.9 Å². The predicted molar refractivity (Wildman–Crippen MR) is 89.4 cm³/mol. The van der Waals surface area contributed by atoms with E-state index in [9.17, 15) is 9.59 Å². The third-order valence-electron chi connectivity index (χ3n) is 5.42. The average Bonchev–Trinajstić information content (AvgIpc) is 2.51. The molecule has 1 amide bonds. The van der Waals surface area contributed by atoms with Crippen molar-refractivity contribution in [2.45, 2.75) is 51.5 Å². The van der Waals surface area contributed by atoms with Crippen molar-refractivity contribution in [1.82, 2.24) is 4.90 Å². The van der Waals surface area contributed by atoms with Crippen molar-refractivity contribution >= 4 is 27.6 Å². The Labute approximate surface area is 140 Å². The highest BCUT2D eigenvalue weighted by Crippen LogP contribution is 2.45. The molecule has 0 N–H and O–H groups in total. The van der Waals surface area contributed by atoms with Gasteiger partial charge in [-0.3, -0.25) is 9.59 Å². The standard InChI is InChI=1S/C18H22BrNO2/c1-13(14-2-4-15(19)5-3-14)20-11-10-18(12-17(20)22)8-6-16(21)7-9-18/h2-5,13H,6-12H2,1H3. The van der Waals surface area contributed by atoms with Crippen LogP contribution in [0.3, 0.4) is 0 Å². The van der Waals surface area contributed by atoms with Gasteiger partial charge in [-0.05, 0) is 49.3 Å². The smallest absolute Gasteiger partial charge is 0.223 e. The van der Waals surface area contributed by atoms with Crippen LogP contribution in [0.5, 0.6) is 0 Å². The van der Waals surface area contributed by atoms with Gasteiger partial charge in [-0.15, -0.1) is 0 Å². The molecule has 0 bridgehead atoms. The summed E-state index contributed by atoms with van der Waals surface area (Å²) in [6.07, 6.45) is 4.77.